The van der Waals surface area contributed by atoms with Crippen LogP contribution in [-0.4, -0.2) is 33.2 Å². The quantitative estimate of drug-likeness (QED) is 0.590. The number of amides is 3. The molecule has 3 aromatic rings. The molecule has 32 heavy (non-hydrogen) atoms. The van der Waals surface area contributed by atoms with Crippen molar-refractivity contribution in [2.75, 3.05) is 11.9 Å². The lowest BCUT2D eigenvalue weighted by Gasteiger charge is -2.32. The molecule has 1 aromatic heterocycles. The van der Waals surface area contributed by atoms with E-state index in [1.54, 1.807) is 52.0 Å². The Morgan fingerprint density at radius 3 is 2.53 bits per heavy atom. The number of carbonyl (C=O) groups excluding carboxylic acids is 2. The predicted octanol–water partition coefficient (Wildman–Crippen LogP) is 4.44. The first-order chi connectivity index (χ1) is 15.3. The lowest BCUT2D eigenvalue weighted by molar-refractivity contribution is 0.0997. The van der Waals surface area contributed by atoms with Gasteiger partial charge in [-0.3, -0.25) is 9.48 Å². The van der Waals surface area contributed by atoms with Gasteiger partial charge in [-0.05, 0) is 43.3 Å². The van der Waals surface area contributed by atoms with Gasteiger partial charge >= 0.3 is 6.03 Å². The Bertz CT molecular complexity index is 1260. The van der Waals surface area contributed by atoms with Gasteiger partial charge in [-0.1, -0.05) is 29.3 Å². The predicted molar refractivity (Wildman–Crippen MR) is 121 cm³/mol. The molecule has 0 aliphatic carbocycles. The maximum atomic E-state index is 12.9. The molecule has 162 valence electrons. The Labute approximate surface area is 194 Å². The molecule has 1 aliphatic rings. The number of nitrogens with two attached hydrogens (primary N) is 1. The molecule has 3 amide bonds. The van der Waals surface area contributed by atoms with Crippen molar-refractivity contribution in [3.63, 3.8) is 0 Å². The van der Waals surface area contributed by atoms with Crippen molar-refractivity contribution in [2.45, 2.75) is 19.5 Å². The summed E-state index contributed by atoms with van der Waals surface area (Å²) in [5.74, 6) is -0.645. The van der Waals surface area contributed by atoms with Crippen LogP contribution in [0.2, 0.25) is 10.0 Å². The second kappa shape index (κ2) is 8.54. The van der Waals surface area contributed by atoms with Crippen LogP contribution in [0.5, 0.6) is 0 Å². The molecule has 0 saturated heterocycles. The molecular formula is C22H18Cl2N6O2. The van der Waals surface area contributed by atoms with Gasteiger partial charge in [0.2, 0.25) is 0 Å². The normalized spacial score (nSPS) is 15.1. The smallest absolute Gasteiger partial charge is 0.322 e. The molecular weight excluding hydrogens is 451 g/mol. The molecule has 2 aromatic carbocycles. The molecule has 3 N–H and O–H groups in total. The summed E-state index contributed by atoms with van der Waals surface area (Å²) in [7, 11) is 0. The summed E-state index contributed by atoms with van der Waals surface area (Å²) < 4.78 is 1.73. The minimum atomic E-state index is -0.645. The number of nitrogens with zero attached hydrogens (tertiary/aromatic N) is 4. The number of halogens is 2. The van der Waals surface area contributed by atoms with Gasteiger partial charge < -0.3 is 16.0 Å². The number of nitriles is 1. The van der Waals surface area contributed by atoms with Crippen LogP contribution in [0, 0.1) is 11.3 Å². The van der Waals surface area contributed by atoms with E-state index < -0.39 is 5.91 Å². The van der Waals surface area contributed by atoms with E-state index in [0.29, 0.717) is 44.8 Å². The fourth-order valence-electron chi connectivity index (χ4n) is 3.72. The van der Waals surface area contributed by atoms with Crippen LogP contribution in [0.1, 0.15) is 34.6 Å². The standard InChI is InChI=1S/C22H18Cl2N6O2/c1-12-10-29(22(32)27-15-5-2-13(9-25)3-6-15)11-18-19(21(26)31)20(28-30(12)18)14-4-7-16(23)17(24)8-14/h2-8,12H,10-11H2,1H3,(H2,26,31)(H,27,32)/t12-/m1/s1. The first kappa shape index (κ1) is 21.7. The van der Waals surface area contributed by atoms with Crippen molar-refractivity contribution in [1.82, 2.24) is 14.7 Å². The molecule has 10 heteroatoms. The van der Waals surface area contributed by atoms with E-state index >= 15 is 0 Å². The SMILES string of the molecule is C[C@@H]1CN(C(=O)Nc2ccc(C#N)cc2)Cc2c(C(N)=O)c(-c3ccc(Cl)c(Cl)c3)nn21. The van der Waals surface area contributed by atoms with E-state index in [0.717, 1.165) is 0 Å². The first-order valence-corrected chi connectivity index (χ1v) is 10.5. The van der Waals surface area contributed by atoms with E-state index in [4.69, 9.17) is 34.2 Å². The third-order valence-corrected chi connectivity index (χ3v) is 5.98. The van der Waals surface area contributed by atoms with Gasteiger partial charge in [0.05, 0.1) is 45.5 Å². The number of urea groups is 1. The van der Waals surface area contributed by atoms with Crippen LogP contribution in [-0.2, 0) is 6.54 Å². The van der Waals surface area contributed by atoms with Crippen molar-refractivity contribution in [2.24, 2.45) is 5.73 Å². The Hall–Kier alpha value is -3.54. The number of aromatic nitrogens is 2. The van der Waals surface area contributed by atoms with Gasteiger partial charge in [0.15, 0.2) is 0 Å². The third-order valence-electron chi connectivity index (χ3n) is 5.24. The third kappa shape index (κ3) is 4.00. The second-order valence-electron chi connectivity index (χ2n) is 7.46. The lowest BCUT2D eigenvalue weighted by atomic mass is 10.0. The fourth-order valence-corrected chi connectivity index (χ4v) is 4.01. The molecule has 0 bridgehead atoms. The number of hydrogen-bond donors (Lipinski definition) is 2. The number of anilines is 1. The van der Waals surface area contributed by atoms with Gasteiger partial charge in [0.1, 0.15) is 5.69 Å². The summed E-state index contributed by atoms with van der Waals surface area (Å²) in [6.45, 7) is 2.44. The van der Waals surface area contributed by atoms with Crippen molar-refractivity contribution < 1.29 is 9.59 Å². The van der Waals surface area contributed by atoms with Crippen LogP contribution in [0.4, 0.5) is 10.5 Å². The molecule has 4 rings (SSSR count). The van der Waals surface area contributed by atoms with Gasteiger partial charge in [0, 0.05) is 17.8 Å². The zero-order chi connectivity index (χ0) is 23.0. The zero-order valence-electron chi connectivity index (χ0n) is 17.0. The van der Waals surface area contributed by atoms with Crippen LogP contribution in [0.15, 0.2) is 42.5 Å². The maximum Gasteiger partial charge on any atom is 0.322 e. The minimum absolute atomic E-state index is 0.152. The highest BCUT2D eigenvalue weighted by molar-refractivity contribution is 6.42. The van der Waals surface area contributed by atoms with Gasteiger partial charge in [-0.15, -0.1) is 0 Å². The highest BCUT2D eigenvalue weighted by atomic mass is 35.5. The highest BCUT2D eigenvalue weighted by Crippen LogP contribution is 2.34. The van der Waals surface area contributed by atoms with Crippen molar-refractivity contribution in [1.29, 1.82) is 5.26 Å². The molecule has 0 spiro atoms. The van der Waals surface area contributed by atoms with E-state index in [1.807, 2.05) is 13.0 Å². The molecule has 0 saturated carbocycles. The molecule has 0 radical (unpaired) electrons. The Morgan fingerprint density at radius 1 is 1.19 bits per heavy atom. The van der Waals surface area contributed by atoms with Crippen LogP contribution in [0.25, 0.3) is 11.3 Å². The Morgan fingerprint density at radius 2 is 1.91 bits per heavy atom. The molecule has 8 nitrogen and oxygen atoms in total. The first-order valence-electron chi connectivity index (χ1n) is 9.71. The summed E-state index contributed by atoms with van der Waals surface area (Å²) in [5, 5.41) is 17.1. The van der Waals surface area contributed by atoms with Crippen LogP contribution < -0.4 is 11.1 Å². The number of fused-ring (bicyclic) bond motifs is 1. The van der Waals surface area contributed by atoms with Crippen molar-refractivity contribution in [3.8, 4) is 17.3 Å². The van der Waals surface area contributed by atoms with Gasteiger partial charge in [-0.2, -0.15) is 10.4 Å². The average molecular weight is 469 g/mol. The lowest BCUT2D eigenvalue weighted by Crippen LogP contribution is -2.43. The van der Waals surface area contributed by atoms with Crippen LogP contribution >= 0.6 is 23.2 Å². The zero-order valence-corrected chi connectivity index (χ0v) is 18.5. The fraction of sp³-hybridized carbons (Fsp3) is 0.182. The monoisotopic (exact) mass is 468 g/mol. The van der Waals surface area contributed by atoms with Crippen molar-refractivity contribution >= 4 is 40.8 Å². The molecule has 2 heterocycles. The van der Waals surface area contributed by atoms with E-state index in [2.05, 4.69) is 10.4 Å². The second-order valence-corrected chi connectivity index (χ2v) is 8.27. The largest absolute Gasteiger partial charge is 0.365 e. The number of hydrogen-bond acceptors (Lipinski definition) is 4. The summed E-state index contributed by atoms with van der Waals surface area (Å²) in [4.78, 5) is 26.9. The molecule has 0 fully saturated rings. The molecule has 1 atom stereocenters. The maximum absolute atomic E-state index is 12.9. The summed E-state index contributed by atoms with van der Waals surface area (Å²) in [5.41, 5.74) is 8.56. The van der Waals surface area contributed by atoms with Gasteiger partial charge in [0.25, 0.3) is 5.91 Å². The number of carbonyl (C=O) groups is 2. The Balaban J connectivity index is 1.66. The summed E-state index contributed by atoms with van der Waals surface area (Å²) in [6, 6.07) is 13.0. The highest BCUT2D eigenvalue weighted by Gasteiger charge is 2.33. The van der Waals surface area contributed by atoms with E-state index in [1.165, 1.54) is 0 Å². The number of rotatable bonds is 3. The van der Waals surface area contributed by atoms with E-state index in [9.17, 15) is 9.59 Å². The number of benzene rings is 2. The van der Waals surface area contributed by atoms with Crippen LogP contribution in [0.3, 0.4) is 0 Å². The number of nitrogens with one attached hydrogen (secondary N) is 1. The van der Waals surface area contributed by atoms with Gasteiger partial charge in [-0.25, -0.2) is 4.79 Å². The van der Waals surface area contributed by atoms with Crippen molar-refractivity contribution in [3.05, 3.63) is 69.3 Å². The average Bonchev–Trinajstić information content (AvgIpc) is 3.16. The molecule has 0 unspecified atom stereocenters. The van der Waals surface area contributed by atoms with E-state index in [-0.39, 0.29) is 24.2 Å². The molecule has 1 aliphatic heterocycles. The minimum Gasteiger partial charge on any atom is -0.365 e. The Kier molecular flexibility index (Phi) is 5.78. The summed E-state index contributed by atoms with van der Waals surface area (Å²) >= 11 is 12.2. The summed E-state index contributed by atoms with van der Waals surface area (Å²) in [6.07, 6.45) is 0. The number of primary amides is 1. The topological polar surface area (TPSA) is 117 Å².